The number of anilines is 1. The molecular weight excluding hydrogens is 360 g/mol. The van der Waals surface area contributed by atoms with Crippen molar-refractivity contribution in [1.29, 1.82) is 0 Å². The van der Waals surface area contributed by atoms with E-state index in [1.807, 2.05) is 6.07 Å². The van der Waals surface area contributed by atoms with Gasteiger partial charge in [-0.3, -0.25) is 0 Å². The fraction of sp³-hybridized carbons (Fsp3) is 0.294. The lowest BCUT2D eigenvalue weighted by Gasteiger charge is -2.16. The van der Waals surface area contributed by atoms with Gasteiger partial charge in [-0.25, -0.2) is 4.79 Å². The Hall–Kier alpha value is -2.08. The van der Waals surface area contributed by atoms with E-state index < -0.39 is 5.97 Å². The molecular formula is C17H17BrN2O3. The molecule has 0 saturated heterocycles. The zero-order chi connectivity index (χ0) is 16.4. The highest BCUT2D eigenvalue weighted by molar-refractivity contribution is 9.10. The SMILES string of the molecule is COC(=O)c1ccc(NC2CCc3c(Br)cccc32)nc1OC. The van der Waals surface area contributed by atoms with E-state index in [9.17, 15) is 4.79 Å². The van der Waals surface area contributed by atoms with Crippen molar-refractivity contribution >= 4 is 27.7 Å². The fourth-order valence-electron chi connectivity index (χ4n) is 2.88. The second kappa shape index (κ2) is 6.58. The Kier molecular flexibility index (Phi) is 4.52. The lowest BCUT2D eigenvalue weighted by atomic mass is 10.1. The monoisotopic (exact) mass is 376 g/mol. The van der Waals surface area contributed by atoms with Crippen LogP contribution in [-0.4, -0.2) is 25.2 Å². The zero-order valence-corrected chi connectivity index (χ0v) is 14.5. The molecule has 1 atom stereocenters. The van der Waals surface area contributed by atoms with Crippen molar-refractivity contribution in [2.24, 2.45) is 0 Å². The summed E-state index contributed by atoms with van der Waals surface area (Å²) >= 11 is 3.60. The molecule has 0 amide bonds. The smallest absolute Gasteiger partial charge is 0.343 e. The van der Waals surface area contributed by atoms with Crippen molar-refractivity contribution in [3.8, 4) is 5.88 Å². The molecule has 0 saturated carbocycles. The minimum absolute atomic E-state index is 0.198. The second-order valence-electron chi connectivity index (χ2n) is 5.29. The van der Waals surface area contributed by atoms with E-state index in [1.165, 1.54) is 25.3 Å². The number of ether oxygens (including phenoxy) is 2. The van der Waals surface area contributed by atoms with E-state index in [-0.39, 0.29) is 11.9 Å². The summed E-state index contributed by atoms with van der Waals surface area (Å²) < 4.78 is 11.1. The van der Waals surface area contributed by atoms with E-state index in [0.717, 1.165) is 17.3 Å². The van der Waals surface area contributed by atoms with Crippen LogP contribution in [0.25, 0.3) is 0 Å². The molecule has 6 heteroatoms. The molecule has 1 N–H and O–H groups in total. The molecule has 1 aliphatic rings. The number of fused-ring (bicyclic) bond motifs is 1. The largest absolute Gasteiger partial charge is 0.480 e. The Labute approximate surface area is 143 Å². The Balaban J connectivity index is 1.85. The lowest BCUT2D eigenvalue weighted by Crippen LogP contribution is -2.11. The van der Waals surface area contributed by atoms with Crippen molar-refractivity contribution in [2.75, 3.05) is 19.5 Å². The molecule has 0 spiro atoms. The maximum Gasteiger partial charge on any atom is 0.343 e. The number of methoxy groups -OCH3 is 2. The average Bonchev–Trinajstić information content (AvgIpc) is 2.98. The van der Waals surface area contributed by atoms with Crippen LogP contribution in [0.15, 0.2) is 34.8 Å². The van der Waals surface area contributed by atoms with Gasteiger partial charge in [0.2, 0.25) is 5.88 Å². The summed E-state index contributed by atoms with van der Waals surface area (Å²) in [6.07, 6.45) is 2.02. The molecule has 0 radical (unpaired) electrons. The van der Waals surface area contributed by atoms with Gasteiger partial charge in [0.15, 0.2) is 0 Å². The van der Waals surface area contributed by atoms with E-state index in [0.29, 0.717) is 11.4 Å². The maximum atomic E-state index is 11.7. The molecule has 23 heavy (non-hydrogen) atoms. The number of hydrogen-bond donors (Lipinski definition) is 1. The van der Waals surface area contributed by atoms with E-state index >= 15 is 0 Å². The summed E-state index contributed by atoms with van der Waals surface area (Å²) in [5.74, 6) is 0.470. The third-order valence-corrected chi connectivity index (χ3v) is 4.74. The number of halogens is 1. The molecule has 1 heterocycles. The van der Waals surface area contributed by atoms with Crippen molar-refractivity contribution in [3.63, 3.8) is 0 Å². The average molecular weight is 377 g/mol. The number of carbonyl (C=O) groups is 1. The van der Waals surface area contributed by atoms with Gasteiger partial charge in [-0.15, -0.1) is 0 Å². The van der Waals surface area contributed by atoms with Gasteiger partial charge in [0.05, 0.1) is 20.3 Å². The van der Waals surface area contributed by atoms with E-state index in [2.05, 4.69) is 38.4 Å². The quantitative estimate of drug-likeness (QED) is 0.823. The number of pyridine rings is 1. The Morgan fingerprint density at radius 1 is 1.30 bits per heavy atom. The highest BCUT2D eigenvalue weighted by Crippen LogP contribution is 2.37. The number of hydrogen-bond acceptors (Lipinski definition) is 5. The molecule has 1 unspecified atom stereocenters. The summed E-state index contributed by atoms with van der Waals surface area (Å²) in [6, 6.07) is 9.86. The number of carbonyl (C=O) groups excluding carboxylic acids is 1. The number of aromatic nitrogens is 1. The van der Waals surface area contributed by atoms with Crippen molar-refractivity contribution in [2.45, 2.75) is 18.9 Å². The highest BCUT2D eigenvalue weighted by atomic mass is 79.9. The summed E-state index contributed by atoms with van der Waals surface area (Å²) in [5.41, 5.74) is 2.93. The Morgan fingerprint density at radius 3 is 2.87 bits per heavy atom. The number of rotatable bonds is 4. The molecule has 0 bridgehead atoms. The van der Waals surface area contributed by atoms with Gasteiger partial charge in [0.25, 0.3) is 0 Å². The highest BCUT2D eigenvalue weighted by Gasteiger charge is 2.24. The van der Waals surface area contributed by atoms with Gasteiger partial charge in [-0.2, -0.15) is 4.98 Å². The van der Waals surface area contributed by atoms with Crippen LogP contribution in [0.3, 0.4) is 0 Å². The first-order valence-corrected chi connectivity index (χ1v) is 8.10. The van der Waals surface area contributed by atoms with Crippen LogP contribution in [0.4, 0.5) is 5.82 Å². The van der Waals surface area contributed by atoms with Gasteiger partial charge >= 0.3 is 5.97 Å². The molecule has 1 aromatic heterocycles. The first-order valence-electron chi connectivity index (χ1n) is 7.31. The van der Waals surface area contributed by atoms with Gasteiger partial charge in [-0.05, 0) is 42.2 Å². The fourth-order valence-corrected chi connectivity index (χ4v) is 3.46. The van der Waals surface area contributed by atoms with E-state index in [1.54, 1.807) is 12.1 Å². The molecule has 0 fully saturated rings. The van der Waals surface area contributed by atoms with Crippen molar-refractivity contribution < 1.29 is 14.3 Å². The molecule has 0 aliphatic heterocycles. The third kappa shape index (κ3) is 3.03. The lowest BCUT2D eigenvalue weighted by molar-refractivity contribution is 0.0596. The zero-order valence-electron chi connectivity index (χ0n) is 12.9. The molecule has 120 valence electrons. The van der Waals surface area contributed by atoms with Crippen LogP contribution >= 0.6 is 15.9 Å². The van der Waals surface area contributed by atoms with Crippen LogP contribution in [0, 0.1) is 0 Å². The number of nitrogens with one attached hydrogen (secondary N) is 1. The first-order chi connectivity index (χ1) is 11.1. The number of benzene rings is 1. The summed E-state index contributed by atoms with van der Waals surface area (Å²) in [4.78, 5) is 16.1. The van der Waals surface area contributed by atoms with Crippen LogP contribution in [0.2, 0.25) is 0 Å². The molecule has 3 rings (SSSR count). The normalized spacial score (nSPS) is 15.9. The van der Waals surface area contributed by atoms with E-state index in [4.69, 9.17) is 9.47 Å². The van der Waals surface area contributed by atoms with Crippen molar-refractivity contribution in [1.82, 2.24) is 4.98 Å². The summed E-state index contributed by atoms with van der Waals surface area (Å²) in [5, 5.41) is 3.42. The second-order valence-corrected chi connectivity index (χ2v) is 6.14. The first kappa shape index (κ1) is 15.8. The topological polar surface area (TPSA) is 60.5 Å². The molecule has 1 aromatic carbocycles. The standard InChI is InChI=1S/C17H17BrN2O3/c1-22-16-12(17(21)23-2)7-9-15(20-16)19-14-8-6-10-11(14)4-3-5-13(10)18/h3-5,7,9,14H,6,8H2,1-2H3,(H,19,20). The number of esters is 1. The van der Waals surface area contributed by atoms with Crippen LogP contribution in [0.1, 0.15) is 33.9 Å². The summed E-state index contributed by atoms with van der Waals surface area (Å²) in [7, 11) is 2.82. The summed E-state index contributed by atoms with van der Waals surface area (Å²) in [6.45, 7) is 0. The molecule has 5 nitrogen and oxygen atoms in total. The molecule has 1 aliphatic carbocycles. The van der Waals surface area contributed by atoms with Crippen LogP contribution in [-0.2, 0) is 11.2 Å². The van der Waals surface area contributed by atoms with Gasteiger partial charge < -0.3 is 14.8 Å². The third-order valence-electron chi connectivity index (χ3n) is 3.99. The maximum absolute atomic E-state index is 11.7. The number of nitrogens with zero attached hydrogens (tertiary/aromatic N) is 1. The predicted octanol–water partition coefficient (Wildman–Crippen LogP) is 3.74. The Morgan fingerprint density at radius 2 is 2.13 bits per heavy atom. The van der Waals surface area contributed by atoms with Crippen molar-refractivity contribution in [3.05, 3.63) is 51.5 Å². The van der Waals surface area contributed by atoms with Crippen LogP contribution in [0.5, 0.6) is 5.88 Å². The minimum Gasteiger partial charge on any atom is -0.480 e. The van der Waals surface area contributed by atoms with Gasteiger partial charge in [-0.1, -0.05) is 28.1 Å². The van der Waals surface area contributed by atoms with Gasteiger partial charge in [0, 0.05) is 4.47 Å². The van der Waals surface area contributed by atoms with Crippen LogP contribution < -0.4 is 10.1 Å². The Bertz CT molecular complexity index is 749. The predicted molar refractivity (Wildman–Crippen MR) is 91.0 cm³/mol. The molecule has 2 aromatic rings. The van der Waals surface area contributed by atoms with Gasteiger partial charge in [0.1, 0.15) is 11.4 Å². The minimum atomic E-state index is -0.462.